The third-order valence-electron chi connectivity index (χ3n) is 3.50. The zero-order chi connectivity index (χ0) is 15.5. The maximum Gasteiger partial charge on any atom is 0.267 e. The highest BCUT2D eigenvalue weighted by atomic mass is 79.9. The van der Waals surface area contributed by atoms with Gasteiger partial charge in [0.05, 0.1) is 22.5 Å². The number of alkyl halides is 2. The first-order valence-corrected chi connectivity index (χ1v) is 7.04. The normalized spacial score (nSPS) is 15.6. The standard InChI is InChI=1S/C13H12BrF3N4/c1-5-19-20-12-13(2,3)18-9-7(15)4-6(14)8(11(16)17)10(9)21(5)12/h4,11,18H,1-3H3. The molecule has 2 heterocycles. The first-order chi connectivity index (χ1) is 9.74. The Labute approximate surface area is 127 Å². The number of benzene rings is 1. The molecule has 112 valence electrons. The third-order valence-corrected chi connectivity index (χ3v) is 4.16. The fraction of sp³-hybridized carbons (Fsp3) is 0.385. The lowest BCUT2D eigenvalue weighted by molar-refractivity contribution is 0.150. The van der Waals surface area contributed by atoms with Gasteiger partial charge in [-0.25, -0.2) is 13.2 Å². The Morgan fingerprint density at radius 2 is 2.00 bits per heavy atom. The maximum atomic E-state index is 14.3. The molecule has 1 aromatic carbocycles. The molecule has 0 fully saturated rings. The molecule has 0 bridgehead atoms. The van der Waals surface area contributed by atoms with E-state index in [-0.39, 0.29) is 21.4 Å². The van der Waals surface area contributed by atoms with E-state index >= 15 is 0 Å². The summed E-state index contributed by atoms with van der Waals surface area (Å²) in [6.07, 6.45) is -2.76. The lowest BCUT2D eigenvalue weighted by Gasteiger charge is -2.35. The molecule has 1 N–H and O–H groups in total. The Bertz CT molecular complexity index is 740. The van der Waals surface area contributed by atoms with Crippen molar-refractivity contribution in [2.45, 2.75) is 32.7 Å². The van der Waals surface area contributed by atoms with E-state index in [1.807, 2.05) is 0 Å². The van der Waals surface area contributed by atoms with Crippen molar-refractivity contribution in [2.24, 2.45) is 0 Å². The van der Waals surface area contributed by atoms with Gasteiger partial charge in [0.1, 0.15) is 11.6 Å². The summed E-state index contributed by atoms with van der Waals surface area (Å²) in [4.78, 5) is 0. The Hall–Kier alpha value is -1.57. The first-order valence-electron chi connectivity index (χ1n) is 6.25. The molecule has 3 rings (SSSR count). The molecule has 0 aliphatic carbocycles. The van der Waals surface area contributed by atoms with Crippen molar-refractivity contribution >= 4 is 21.6 Å². The van der Waals surface area contributed by atoms with Crippen LogP contribution in [0.25, 0.3) is 5.69 Å². The zero-order valence-electron chi connectivity index (χ0n) is 11.5. The van der Waals surface area contributed by atoms with E-state index in [0.717, 1.165) is 6.07 Å². The van der Waals surface area contributed by atoms with Crippen LogP contribution in [0.15, 0.2) is 10.5 Å². The average molecular weight is 361 g/mol. The minimum atomic E-state index is -2.76. The lowest BCUT2D eigenvalue weighted by atomic mass is 9.98. The van der Waals surface area contributed by atoms with Crippen LogP contribution < -0.4 is 5.32 Å². The highest BCUT2D eigenvalue weighted by molar-refractivity contribution is 9.10. The van der Waals surface area contributed by atoms with E-state index in [0.29, 0.717) is 11.6 Å². The van der Waals surface area contributed by atoms with Crippen LogP contribution in [0.1, 0.15) is 37.5 Å². The molecule has 0 saturated carbocycles. The topological polar surface area (TPSA) is 42.7 Å². The van der Waals surface area contributed by atoms with Gasteiger partial charge >= 0.3 is 0 Å². The number of hydrogen-bond donors (Lipinski definition) is 1. The van der Waals surface area contributed by atoms with Crippen molar-refractivity contribution in [3.63, 3.8) is 0 Å². The number of nitrogens with zero attached hydrogens (tertiary/aromatic N) is 3. The molecule has 0 atom stereocenters. The zero-order valence-corrected chi connectivity index (χ0v) is 13.1. The smallest absolute Gasteiger partial charge is 0.267 e. The summed E-state index contributed by atoms with van der Waals surface area (Å²) in [6.45, 7) is 5.23. The van der Waals surface area contributed by atoms with Gasteiger partial charge in [-0.2, -0.15) is 0 Å². The molecular weight excluding hydrogens is 349 g/mol. The van der Waals surface area contributed by atoms with E-state index < -0.39 is 17.8 Å². The van der Waals surface area contributed by atoms with Crippen LogP contribution in [0.3, 0.4) is 0 Å². The molecule has 0 radical (unpaired) electrons. The van der Waals surface area contributed by atoms with E-state index in [1.54, 1.807) is 20.8 Å². The largest absolute Gasteiger partial charge is 0.369 e. The van der Waals surface area contributed by atoms with Crippen molar-refractivity contribution in [3.8, 4) is 5.69 Å². The average Bonchev–Trinajstić information content (AvgIpc) is 2.74. The molecular formula is C13H12BrF3N4. The van der Waals surface area contributed by atoms with Crippen LogP contribution >= 0.6 is 15.9 Å². The van der Waals surface area contributed by atoms with Crippen LogP contribution in [0.2, 0.25) is 0 Å². The van der Waals surface area contributed by atoms with Gasteiger partial charge in [0.25, 0.3) is 6.43 Å². The molecule has 21 heavy (non-hydrogen) atoms. The van der Waals surface area contributed by atoms with Crippen LogP contribution in [0.5, 0.6) is 0 Å². The summed E-state index contributed by atoms with van der Waals surface area (Å²) in [5, 5.41) is 10.9. The summed E-state index contributed by atoms with van der Waals surface area (Å²) in [7, 11) is 0. The SMILES string of the molecule is Cc1nnc2n1-c1c(c(F)cc(Br)c1C(F)F)NC2(C)C. The fourth-order valence-corrected chi connectivity index (χ4v) is 3.15. The number of nitrogens with one attached hydrogen (secondary N) is 1. The van der Waals surface area contributed by atoms with Gasteiger partial charge in [-0.3, -0.25) is 4.57 Å². The highest BCUT2D eigenvalue weighted by Gasteiger charge is 2.38. The number of hydrogen-bond acceptors (Lipinski definition) is 3. The van der Waals surface area contributed by atoms with E-state index in [4.69, 9.17) is 0 Å². The second-order valence-electron chi connectivity index (χ2n) is 5.43. The number of halogens is 4. The van der Waals surface area contributed by atoms with Crippen molar-refractivity contribution < 1.29 is 13.2 Å². The van der Waals surface area contributed by atoms with Gasteiger partial charge in [0.2, 0.25) is 0 Å². The van der Waals surface area contributed by atoms with Gasteiger partial charge in [0, 0.05) is 4.47 Å². The lowest BCUT2D eigenvalue weighted by Crippen LogP contribution is -2.37. The molecule has 8 heteroatoms. The minimum Gasteiger partial charge on any atom is -0.369 e. The summed E-state index contributed by atoms with van der Waals surface area (Å²) in [5.41, 5.74) is -0.899. The van der Waals surface area contributed by atoms with Crippen LogP contribution in [-0.4, -0.2) is 14.8 Å². The molecule has 0 unspecified atom stereocenters. The molecule has 1 aromatic heterocycles. The van der Waals surface area contributed by atoms with E-state index in [2.05, 4.69) is 31.4 Å². The van der Waals surface area contributed by atoms with Crippen molar-refractivity contribution in [2.75, 3.05) is 5.32 Å². The molecule has 0 saturated heterocycles. The number of rotatable bonds is 1. The third kappa shape index (κ3) is 1.96. The van der Waals surface area contributed by atoms with Gasteiger partial charge in [-0.1, -0.05) is 15.9 Å². The summed E-state index contributed by atoms with van der Waals surface area (Å²) < 4.78 is 42.6. The summed E-state index contributed by atoms with van der Waals surface area (Å²) in [6, 6.07) is 1.05. The fourth-order valence-electron chi connectivity index (χ4n) is 2.58. The van der Waals surface area contributed by atoms with Crippen molar-refractivity contribution in [3.05, 3.63) is 33.6 Å². The van der Waals surface area contributed by atoms with Crippen LogP contribution in [0, 0.1) is 12.7 Å². The van der Waals surface area contributed by atoms with E-state index in [1.165, 1.54) is 4.57 Å². The van der Waals surface area contributed by atoms with E-state index in [9.17, 15) is 13.2 Å². The minimum absolute atomic E-state index is 0.0225. The van der Waals surface area contributed by atoms with Gasteiger partial charge < -0.3 is 5.32 Å². The summed E-state index contributed by atoms with van der Waals surface area (Å²) >= 11 is 3.02. The van der Waals surface area contributed by atoms with Gasteiger partial charge in [-0.05, 0) is 26.8 Å². The Kier molecular flexibility index (Phi) is 3.05. The second kappa shape index (κ2) is 4.46. The second-order valence-corrected chi connectivity index (χ2v) is 6.29. The highest BCUT2D eigenvalue weighted by Crippen LogP contribution is 2.45. The molecule has 4 nitrogen and oxygen atoms in total. The quantitative estimate of drug-likeness (QED) is 0.833. The summed E-state index contributed by atoms with van der Waals surface area (Å²) in [5.74, 6) is 0.292. The van der Waals surface area contributed by atoms with Crippen molar-refractivity contribution in [1.82, 2.24) is 14.8 Å². The molecule has 1 aliphatic rings. The monoisotopic (exact) mass is 360 g/mol. The van der Waals surface area contributed by atoms with Crippen LogP contribution in [-0.2, 0) is 5.54 Å². The molecule has 1 aliphatic heterocycles. The predicted molar refractivity (Wildman–Crippen MR) is 75.4 cm³/mol. The predicted octanol–water partition coefficient (Wildman–Crippen LogP) is 4.08. The van der Waals surface area contributed by atoms with Crippen LogP contribution in [0.4, 0.5) is 18.9 Å². The number of aryl methyl sites for hydroxylation is 1. The van der Waals surface area contributed by atoms with Gasteiger partial charge in [0.15, 0.2) is 5.82 Å². The van der Waals surface area contributed by atoms with Crippen molar-refractivity contribution in [1.29, 1.82) is 0 Å². The molecule has 0 spiro atoms. The Morgan fingerprint density at radius 1 is 1.33 bits per heavy atom. The number of fused-ring (bicyclic) bond motifs is 3. The Morgan fingerprint density at radius 3 is 2.62 bits per heavy atom. The molecule has 0 amide bonds. The maximum absolute atomic E-state index is 14.3. The van der Waals surface area contributed by atoms with Gasteiger partial charge in [-0.15, -0.1) is 10.2 Å². The Balaban J connectivity index is 2.46. The first kappa shape index (κ1) is 14.4. The number of aromatic nitrogens is 3. The molecule has 2 aromatic rings. The number of anilines is 1.